The van der Waals surface area contributed by atoms with Gasteiger partial charge in [-0.1, -0.05) is 24.3 Å². The van der Waals surface area contributed by atoms with E-state index in [9.17, 15) is 9.59 Å². The van der Waals surface area contributed by atoms with Gasteiger partial charge in [0.25, 0.3) is 11.8 Å². The van der Waals surface area contributed by atoms with Crippen molar-refractivity contribution in [2.75, 3.05) is 26.2 Å². The van der Waals surface area contributed by atoms with Crippen LogP contribution in [0.3, 0.4) is 0 Å². The normalized spacial score (nSPS) is 16.3. The Morgan fingerprint density at radius 3 is 2.22 bits per heavy atom. The van der Waals surface area contributed by atoms with Crippen molar-refractivity contribution in [3.05, 3.63) is 94.3 Å². The average molecular weight is 498 g/mol. The predicted octanol–water partition coefficient (Wildman–Crippen LogP) is 5.53. The summed E-state index contributed by atoms with van der Waals surface area (Å²) >= 11 is 0. The summed E-state index contributed by atoms with van der Waals surface area (Å²) in [5.41, 5.74) is 5.90. The number of carbonyl (C=O) groups excluding carboxylic acids is 2. The van der Waals surface area contributed by atoms with Crippen molar-refractivity contribution in [3.8, 4) is 5.75 Å². The van der Waals surface area contributed by atoms with E-state index in [2.05, 4.69) is 35.9 Å². The number of pyridine rings is 1. The van der Waals surface area contributed by atoms with Crippen molar-refractivity contribution < 1.29 is 14.3 Å². The maximum Gasteiger partial charge on any atom is 0.261 e. The van der Waals surface area contributed by atoms with Gasteiger partial charge in [0.1, 0.15) is 12.4 Å². The second-order valence-corrected chi connectivity index (χ2v) is 10.2. The maximum atomic E-state index is 12.5. The number of piperidine rings is 1. The van der Waals surface area contributed by atoms with Crippen molar-refractivity contribution in [3.63, 3.8) is 0 Å². The van der Waals surface area contributed by atoms with E-state index in [-0.39, 0.29) is 11.8 Å². The van der Waals surface area contributed by atoms with Gasteiger partial charge in [0.05, 0.1) is 16.8 Å². The number of hydrogen-bond donors (Lipinski definition) is 0. The van der Waals surface area contributed by atoms with Crippen molar-refractivity contribution in [1.82, 2.24) is 14.8 Å². The first-order valence-corrected chi connectivity index (χ1v) is 13.3. The lowest BCUT2D eigenvalue weighted by Gasteiger charge is -2.33. The van der Waals surface area contributed by atoms with Gasteiger partial charge in [-0.15, -0.1) is 0 Å². The van der Waals surface area contributed by atoms with Crippen LogP contribution in [0.1, 0.15) is 74.7 Å². The van der Waals surface area contributed by atoms with Gasteiger partial charge in [0, 0.05) is 12.7 Å². The van der Waals surface area contributed by atoms with Crippen LogP contribution in [0.4, 0.5) is 0 Å². The number of aromatic nitrogens is 1. The minimum absolute atomic E-state index is 0.153. The topological polar surface area (TPSA) is 62.7 Å². The number of carbonyl (C=O) groups is 2. The molecule has 5 rings (SSSR count). The number of unbranched alkanes of at least 4 members (excludes halogenated alkanes) is 1. The average Bonchev–Trinajstić information content (AvgIpc) is 3.17. The van der Waals surface area contributed by atoms with E-state index < -0.39 is 0 Å². The van der Waals surface area contributed by atoms with Crippen LogP contribution in [0.25, 0.3) is 0 Å². The van der Waals surface area contributed by atoms with Crippen molar-refractivity contribution in [1.29, 1.82) is 0 Å². The summed E-state index contributed by atoms with van der Waals surface area (Å²) < 4.78 is 6.07. The molecule has 6 heteroatoms. The van der Waals surface area contributed by atoms with Crippen LogP contribution in [-0.2, 0) is 6.61 Å². The van der Waals surface area contributed by atoms with Gasteiger partial charge in [-0.3, -0.25) is 19.5 Å². The smallest absolute Gasteiger partial charge is 0.261 e. The monoisotopic (exact) mass is 497 g/mol. The molecule has 3 heterocycles. The lowest BCUT2D eigenvalue weighted by molar-refractivity contribution is 0.0649. The molecule has 0 saturated carbocycles. The summed E-state index contributed by atoms with van der Waals surface area (Å²) in [4.78, 5) is 33.3. The number of ether oxygens (including phenoxy) is 1. The zero-order chi connectivity index (χ0) is 25.8. The Kier molecular flexibility index (Phi) is 7.65. The molecule has 2 amide bonds. The molecular weight excluding hydrogens is 462 g/mol. The first-order chi connectivity index (χ1) is 18.0. The van der Waals surface area contributed by atoms with Crippen LogP contribution in [0.15, 0.2) is 60.8 Å². The van der Waals surface area contributed by atoms with E-state index in [4.69, 9.17) is 4.74 Å². The van der Waals surface area contributed by atoms with Crippen LogP contribution >= 0.6 is 0 Å². The number of nitrogens with zero attached hydrogens (tertiary/aromatic N) is 3. The SMILES string of the molecule is Cc1cc(C2CCN(CCCCN3C(=O)c4ccccc4C3=O)CC2)c(C)cc1OCc1ccccn1. The fourth-order valence-corrected chi connectivity index (χ4v) is 5.56. The Labute approximate surface area is 219 Å². The van der Waals surface area contributed by atoms with E-state index in [1.54, 1.807) is 18.3 Å². The summed E-state index contributed by atoms with van der Waals surface area (Å²) in [6, 6.07) is 17.5. The Morgan fingerprint density at radius 1 is 0.865 bits per heavy atom. The molecule has 6 nitrogen and oxygen atoms in total. The molecule has 192 valence electrons. The second-order valence-electron chi connectivity index (χ2n) is 10.2. The summed E-state index contributed by atoms with van der Waals surface area (Å²) in [6.07, 6.45) is 5.91. The molecule has 0 spiro atoms. The Balaban J connectivity index is 1.07. The van der Waals surface area contributed by atoms with E-state index in [1.165, 1.54) is 21.6 Å². The van der Waals surface area contributed by atoms with Crippen LogP contribution in [-0.4, -0.2) is 52.8 Å². The van der Waals surface area contributed by atoms with Crippen molar-refractivity contribution >= 4 is 11.8 Å². The van der Waals surface area contributed by atoms with E-state index >= 15 is 0 Å². The molecule has 0 aliphatic carbocycles. The minimum atomic E-state index is -0.153. The summed E-state index contributed by atoms with van der Waals surface area (Å²) in [5.74, 6) is 1.20. The van der Waals surface area contributed by atoms with E-state index in [0.717, 1.165) is 56.8 Å². The van der Waals surface area contributed by atoms with Crippen LogP contribution in [0.5, 0.6) is 5.75 Å². The van der Waals surface area contributed by atoms with Gasteiger partial charge in [0.2, 0.25) is 0 Å². The highest BCUT2D eigenvalue weighted by molar-refractivity contribution is 6.21. The first kappa shape index (κ1) is 25.2. The molecule has 0 N–H and O–H groups in total. The summed E-state index contributed by atoms with van der Waals surface area (Å²) in [5, 5.41) is 0. The van der Waals surface area contributed by atoms with Crippen molar-refractivity contribution in [2.45, 2.75) is 52.1 Å². The number of imide groups is 1. The number of fused-ring (bicyclic) bond motifs is 1. The first-order valence-electron chi connectivity index (χ1n) is 13.3. The fraction of sp³-hybridized carbons (Fsp3) is 0.387. The molecule has 1 saturated heterocycles. The molecule has 1 fully saturated rings. The lowest BCUT2D eigenvalue weighted by atomic mass is 9.85. The largest absolute Gasteiger partial charge is 0.487 e. The fourth-order valence-electron chi connectivity index (χ4n) is 5.56. The highest BCUT2D eigenvalue weighted by atomic mass is 16.5. The standard InChI is InChI=1S/C31H35N3O3/c1-22-20-29(37-21-25-9-5-6-14-32-25)23(2)19-28(22)24-12-17-33(18-13-24)15-7-8-16-34-30(35)26-10-3-4-11-27(26)31(34)36/h3-6,9-11,14,19-20,24H,7-8,12-13,15-18,21H2,1-2H3. The molecule has 0 unspecified atom stereocenters. The Bertz CT molecular complexity index is 1230. The third-order valence-electron chi connectivity index (χ3n) is 7.68. The van der Waals surface area contributed by atoms with Crippen molar-refractivity contribution in [2.24, 2.45) is 0 Å². The quantitative estimate of drug-likeness (QED) is 0.287. The van der Waals surface area contributed by atoms with Gasteiger partial charge in [-0.25, -0.2) is 0 Å². The molecule has 0 atom stereocenters. The van der Waals surface area contributed by atoms with Crippen LogP contribution < -0.4 is 4.74 Å². The zero-order valence-corrected chi connectivity index (χ0v) is 21.8. The van der Waals surface area contributed by atoms with E-state index in [1.807, 2.05) is 30.3 Å². The number of benzene rings is 2. The third-order valence-corrected chi connectivity index (χ3v) is 7.68. The molecule has 3 aromatic rings. The van der Waals surface area contributed by atoms with Crippen LogP contribution in [0.2, 0.25) is 0 Å². The number of hydrogen-bond acceptors (Lipinski definition) is 5. The number of aryl methyl sites for hydroxylation is 2. The highest BCUT2D eigenvalue weighted by Crippen LogP contribution is 2.34. The summed E-state index contributed by atoms with van der Waals surface area (Å²) in [6.45, 7) is 8.45. The number of rotatable bonds is 9. The number of amides is 2. The van der Waals surface area contributed by atoms with Gasteiger partial charge in [0.15, 0.2) is 0 Å². The zero-order valence-electron chi connectivity index (χ0n) is 21.8. The third kappa shape index (κ3) is 5.59. The molecule has 0 radical (unpaired) electrons. The lowest BCUT2D eigenvalue weighted by Crippen LogP contribution is -2.35. The van der Waals surface area contributed by atoms with Gasteiger partial charge in [-0.2, -0.15) is 0 Å². The minimum Gasteiger partial charge on any atom is -0.487 e. The van der Waals surface area contributed by atoms with Gasteiger partial charge >= 0.3 is 0 Å². The molecule has 2 aromatic carbocycles. The molecule has 2 aliphatic rings. The molecule has 1 aromatic heterocycles. The van der Waals surface area contributed by atoms with Crippen LogP contribution in [0, 0.1) is 13.8 Å². The molecule has 2 aliphatic heterocycles. The highest BCUT2D eigenvalue weighted by Gasteiger charge is 2.34. The maximum absolute atomic E-state index is 12.5. The number of likely N-dealkylation sites (tertiary alicyclic amines) is 1. The van der Waals surface area contributed by atoms with Gasteiger partial charge in [-0.05, 0) is 112 Å². The predicted molar refractivity (Wildman–Crippen MR) is 144 cm³/mol. The Morgan fingerprint density at radius 2 is 1.54 bits per heavy atom. The molecule has 0 bridgehead atoms. The molecular formula is C31H35N3O3. The van der Waals surface area contributed by atoms with Gasteiger partial charge < -0.3 is 9.64 Å². The molecule has 37 heavy (non-hydrogen) atoms. The van der Waals surface area contributed by atoms with E-state index in [0.29, 0.717) is 30.2 Å². The Hall–Kier alpha value is -3.51. The second kappa shape index (κ2) is 11.3. The summed E-state index contributed by atoms with van der Waals surface area (Å²) in [7, 11) is 0.